The monoisotopic (exact) mass is 468 g/mol. The molecule has 0 radical (unpaired) electrons. The van der Waals surface area contributed by atoms with E-state index >= 15 is 0 Å². The Morgan fingerprint density at radius 2 is 1.69 bits per heavy atom. The predicted molar refractivity (Wildman–Crippen MR) is 134 cm³/mol. The first-order valence-electron chi connectivity index (χ1n) is 13.0. The molecule has 35 heavy (non-hydrogen) atoms. The van der Waals surface area contributed by atoms with E-state index in [0.29, 0.717) is 23.7 Å². The molecular formula is C29H29FN4O. The smallest absolute Gasteiger partial charge is 0.254 e. The van der Waals surface area contributed by atoms with Gasteiger partial charge in [-0.05, 0) is 104 Å². The van der Waals surface area contributed by atoms with Crippen molar-refractivity contribution in [2.45, 2.75) is 50.4 Å². The third-order valence-electron chi connectivity index (χ3n) is 8.38. The van der Waals surface area contributed by atoms with Gasteiger partial charge < -0.3 is 9.88 Å². The topological polar surface area (TPSA) is 61.6 Å². The summed E-state index contributed by atoms with van der Waals surface area (Å²) in [7, 11) is 0. The fourth-order valence-corrected chi connectivity index (χ4v) is 6.33. The number of hydrogen-bond donors (Lipinski definition) is 1. The van der Waals surface area contributed by atoms with Crippen LogP contribution in [0.2, 0.25) is 0 Å². The van der Waals surface area contributed by atoms with Crippen molar-refractivity contribution in [1.82, 2.24) is 19.9 Å². The number of fused-ring (bicyclic) bond motifs is 2. The molecule has 7 rings (SSSR count). The zero-order valence-corrected chi connectivity index (χ0v) is 19.7. The number of aromatic nitrogens is 3. The number of pyridine rings is 1. The van der Waals surface area contributed by atoms with E-state index in [0.717, 1.165) is 72.1 Å². The number of amides is 1. The molecule has 0 spiro atoms. The molecule has 2 aromatic carbocycles. The van der Waals surface area contributed by atoms with E-state index in [9.17, 15) is 9.18 Å². The van der Waals surface area contributed by atoms with E-state index in [1.807, 2.05) is 29.3 Å². The molecule has 2 aliphatic carbocycles. The maximum absolute atomic E-state index is 14.0. The molecule has 0 unspecified atom stereocenters. The van der Waals surface area contributed by atoms with Crippen molar-refractivity contribution in [3.8, 4) is 0 Å². The van der Waals surface area contributed by atoms with Gasteiger partial charge in [-0.3, -0.25) is 9.78 Å². The SMILES string of the molecule is O=C(c1ccc2nc([C@@H](C3CCC(c4ccnc5ccc(F)cc45)CC3)C3CC3)[nH]c2c1)N1CC1. The molecule has 1 N–H and O–H groups in total. The average Bonchev–Trinajstić information content (AvgIpc) is 3.81. The standard InChI is InChI=1S/C29H29FN4O/c30-21-8-10-24-23(16-21)22(11-12-31-24)17-1-3-18(4-2-17)27(19-5-6-19)28-32-25-9-7-20(15-26(25)33-28)29(35)34-13-14-34/h7-12,15-19,27H,1-6,13-14H2,(H,32,33)/t17?,18?,27-/m0/s1. The van der Waals surface area contributed by atoms with Crippen molar-refractivity contribution in [2.75, 3.05) is 13.1 Å². The lowest BCUT2D eigenvalue weighted by Crippen LogP contribution is -2.22. The van der Waals surface area contributed by atoms with Gasteiger partial charge in [0, 0.05) is 36.2 Å². The Morgan fingerprint density at radius 3 is 2.43 bits per heavy atom. The molecule has 3 aliphatic rings. The van der Waals surface area contributed by atoms with Crippen molar-refractivity contribution in [3.05, 3.63) is 71.4 Å². The maximum atomic E-state index is 14.0. The van der Waals surface area contributed by atoms with E-state index in [4.69, 9.17) is 4.98 Å². The Morgan fingerprint density at radius 1 is 0.943 bits per heavy atom. The summed E-state index contributed by atoms with van der Waals surface area (Å²) in [5, 5.41) is 0.958. The third-order valence-corrected chi connectivity index (χ3v) is 8.38. The Hall–Kier alpha value is -3.28. The first kappa shape index (κ1) is 21.0. The van der Waals surface area contributed by atoms with Crippen molar-refractivity contribution < 1.29 is 9.18 Å². The van der Waals surface area contributed by atoms with Crippen LogP contribution < -0.4 is 0 Å². The largest absolute Gasteiger partial charge is 0.342 e. The molecule has 5 nitrogen and oxygen atoms in total. The van der Waals surface area contributed by atoms with Crippen LogP contribution in [0.3, 0.4) is 0 Å². The number of H-pyrrole nitrogens is 1. The van der Waals surface area contributed by atoms with Crippen LogP contribution >= 0.6 is 0 Å². The summed E-state index contributed by atoms with van der Waals surface area (Å²) in [6.45, 7) is 1.73. The highest BCUT2D eigenvalue weighted by Gasteiger charge is 2.41. The zero-order valence-electron chi connectivity index (χ0n) is 19.7. The number of benzene rings is 2. The summed E-state index contributed by atoms with van der Waals surface area (Å²) in [6, 6.07) is 12.9. The van der Waals surface area contributed by atoms with Crippen LogP contribution in [0.5, 0.6) is 0 Å². The molecular weight excluding hydrogens is 439 g/mol. The number of imidazole rings is 1. The van der Waals surface area contributed by atoms with Gasteiger partial charge in [0.15, 0.2) is 0 Å². The van der Waals surface area contributed by atoms with Crippen LogP contribution in [0.15, 0.2) is 48.7 Å². The lowest BCUT2D eigenvalue weighted by Gasteiger charge is -2.34. The quantitative estimate of drug-likeness (QED) is 0.356. The van der Waals surface area contributed by atoms with E-state index in [1.165, 1.54) is 24.5 Å². The average molecular weight is 469 g/mol. The fraction of sp³-hybridized carbons (Fsp3) is 0.414. The van der Waals surface area contributed by atoms with Gasteiger partial charge in [-0.1, -0.05) is 0 Å². The Labute approximate surface area is 203 Å². The Balaban J connectivity index is 1.13. The van der Waals surface area contributed by atoms with Crippen LogP contribution in [0.4, 0.5) is 4.39 Å². The van der Waals surface area contributed by atoms with Gasteiger partial charge in [-0.2, -0.15) is 0 Å². The molecule has 1 atom stereocenters. The minimum atomic E-state index is -0.196. The highest BCUT2D eigenvalue weighted by Crippen LogP contribution is 2.52. The second-order valence-electron chi connectivity index (χ2n) is 10.7. The molecule has 3 heterocycles. The number of carbonyl (C=O) groups excluding carboxylic acids is 1. The lowest BCUT2D eigenvalue weighted by molar-refractivity contribution is 0.0885. The van der Waals surface area contributed by atoms with Crippen LogP contribution in [0.25, 0.3) is 21.9 Å². The second-order valence-corrected chi connectivity index (χ2v) is 10.7. The van der Waals surface area contributed by atoms with Crippen LogP contribution in [0.1, 0.15) is 72.1 Å². The minimum Gasteiger partial charge on any atom is -0.342 e. The molecule has 2 saturated carbocycles. The highest BCUT2D eigenvalue weighted by atomic mass is 19.1. The normalized spacial score (nSPS) is 23.1. The van der Waals surface area contributed by atoms with Crippen molar-refractivity contribution >= 4 is 27.8 Å². The first-order valence-corrected chi connectivity index (χ1v) is 13.0. The van der Waals surface area contributed by atoms with Crippen molar-refractivity contribution in [3.63, 3.8) is 0 Å². The molecule has 6 heteroatoms. The first-order chi connectivity index (χ1) is 17.1. The van der Waals surface area contributed by atoms with Crippen LogP contribution in [-0.2, 0) is 0 Å². The van der Waals surface area contributed by atoms with Gasteiger partial charge in [-0.15, -0.1) is 0 Å². The number of carbonyl (C=O) groups is 1. The van der Waals surface area contributed by atoms with Crippen molar-refractivity contribution in [2.24, 2.45) is 11.8 Å². The van der Waals surface area contributed by atoms with Gasteiger partial charge in [0.25, 0.3) is 5.91 Å². The van der Waals surface area contributed by atoms with E-state index in [-0.39, 0.29) is 11.7 Å². The Kier molecular flexibility index (Phi) is 4.90. The summed E-state index contributed by atoms with van der Waals surface area (Å²) in [6.07, 6.45) is 8.93. The van der Waals surface area contributed by atoms with Crippen molar-refractivity contribution in [1.29, 1.82) is 0 Å². The summed E-state index contributed by atoms with van der Waals surface area (Å²) in [5.41, 5.74) is 4.78. The lowest BCUT2D eigenvalue weighted by atomic mass is 9.72. The summed E-state index contributed by atoms with van der Waals surface area (Å²) in [5.74, 6) is 3.21. The summed E-state index contributed by atoms with van der Waals surface area (Å²) < 4.78 is 14.0. The molecule has 1 saturated heterocycles. The fourth-order valence-electron chi connectivity index (χ4n) is 6.33. The number of halogens is 1. The number of nitrogens with zero attached hydrogens (tertiary/aromatic N) is 3. The van der Waals surface area contributed by atoms with Gasteiger partial charge >= 0.3 is 0 Å². The second kappa shape index (κ2) is 8.14. The van der Waals surface area contributed by atoms with Crippen LogP contribution in [-0.4, -0.2) is 38.8 Å². The number of aromatic amines is 1. The van der Waals surface area contributed by atoms with Gasteiger partial charge in [0.2, 0.25) is 0 Å². The molecule has 1 amide bonds. The van der Waals surface area contributed by atoms with E-state index < -0.39 is 0 Å². The van der Waals surface area contributed by atoms with Crippen LogP contribution in [0, 0.1) is 17.7 Å². The highest BCUT2D eigenvalue weighted by molar-refractivity contribution is 5.98. The minimum absolute atomic E-state index is 0.114. The number of hydrogen-bond acceptors (Lipinski definition) is 3. The van der Waals surface area contributed by atoms with E-state index in [1.54, 1.807) is 12.1 Å². The van der Waals surface area contributed by atoms with E-state index in [2.05, 4.69) is 16.0 Å². The molecule has 0 bridgehead atoms. The third kappa shape index (κ3) is 3.89. The Bertz CT molecular complexity index is 1430. The predicted octanol–water partition coefficient (Wildman–Crippen LogP) is 6.17. The number of nitrogens with one attached hydrogen (secondary N) is 1. The number of rotatable bonds is 5. The van der Waals surface area contributed by atoms with Gasteiger partial charge in [0.1, 0.15) is 11.6 Å². The van der Waals surface area contributed by atoms with Gasteiger partial charge in [-0.25, -0.2) is 9.37 Å². The molecule has 3 fully saturated rings. The molecule has 2 aromatic heterocycles. The zero-order chi connectivity index (χ0) is 23.5. The molecule has 1 aliphatic heterocycles. The molecule has 4 aromatic rings. The molecule has 178 valence electrons. The summed E-state index contributed by atoms with van der Waals surface area (Å²) in [4.78, 5) is 27.4. The summed E-state index contributed by atoms with van der Waals surface area (Å²) >= 11 is 0. The van der Waals surface area contributed by atoms with Gasteiger partial charge in [0.05, 0.1) is 16.6 Å². The maximum Gasteiger partial charge on any atom is 0.254 e.